The Kier molecular flexibility index (Phi) is 7.76. The molecule has 1 aliphatic heterocycles. The smallest absolute Gasteiger partial charge is 0.227 e. The van der Waals surface area contributed by atoms with Crippen LogP contribution in [0, 0.1) is 5.92 Å². The molecule has 1 aromatic rings. The van der Waals surface area contributed by atoms with Crippen molar-refractivity contribution in [1.82, 2.24) is 10.2 Å². The van der Waals surface area contributed by atoms with Gasteiger partial charge in [-0.1, -0.05) is 26.3 Å². The number of hydrogen-bond acceptors (Lipinski definition) is 4. The SMILES string of the molecule is COc1ccc(C(C(=O)NCC(C)N2CCCCC2)C(C)C)cc1OC. The first-order chi connectivity index (χ1) is 12.5. The molecule has 0 radical (unpaired) electrons. The monoisotopic (exact) mass is 362 g/mol. The van der Waals surface area contributed by atoms with E-state index >= 15 is 0 Å². The molecule has 5 nitrogen and oxygen atoms in total. The van der Waals surface area contributed by atoms with Gasteiger partial charge in [-0.3, -0.25) is 9.69 Å². The van der Waals surface area contributed by atoms with Gasteiger partial charge in [0.1, 0.15) is 0 Å². The fraction of sp³-hybridized carbons (Fsp3) is 0.667. The van der Waals surface area contributed by atoms with Gasteiger partial charge in [0.25, 0.3) is 0 Å². The van der Waals surface area contributed by atoms with E-state index in [9.17, 15) is 4.79 Å². The third kappa shape index (κ3) is 5.13. The first-order valence-corrected chi connectivity index (χ1v) is 9.71. The lowest BCUT2D eigenvalue weighted by molar-refractivity contribution is -0.123. The molecule has 0 spiro atoms. The summed E-state index contributed by atoms with van der Waals surface area (Å²) in [6.45, 7) is 9.33. The molecule has 2 unspecified atom stereocenters. The van der Waals surface area contributed by atoms with Crippen molar-refractivity contribution in [3.63, 3.8) is 0 Å². The summed E-state index contributed by atoms with van der Waals surface area (Å²) in [5.74, 6) is 1.40. The highest BCUT2D eigenvalue weighted by atomic mass is 16.5. The molecule has 1 heterocycles. The zero-order valence-corrected chi connectivity index (χ0v) is 16.9. The van der Waals surface area contributed by atoms with Gasteiger partial charge in [0.2, 0.25) is 5.91 Å². The van der Waals surface area contributed by atoms with Gasteiger partial charge in [0, 0.05) is 12.6 Å². The van der Waals surface area contributed by atoms with E-state index < -0.39 is 0 Å². The quantitative estimate of drug-likeness (QED) is 0.770. The van der Waals surface area contributed by atoms with Crippen molar-refractivity contribution in [3.8, 4) is 11.5 Å². The number of nitrogens with zero attached hydrogens (tertiary/aromatic N) is 1. The van der Waals surface area contributed by atoms with Crippen LogP contribution in [0.2, 0.25) is 0 Å². The summed E-state index contributed by atoms with van der Waals surface area (Å²) < 4.78 is 10.7. The van der Waals surface area contributed by atoms with E-state index in [1.165, 1.54) is 19.3 Å². The maximum absolute atomic E-state index is 12.9. The third-order valence-electron chi connectivity index (χ3n) is 5.30. The van der Waals surface area contributed by atoms with Crippen molar-refractivity contribution in [3.05, 3.63) is 23.8 Å². The van der Waals surface area contributed by atoms with Gasteiger partial charge >= 0.3 is 0 Å². The second kappa shape index (κ2) is 9.81. The number of hydrogen-bond donors (Lipinski definition) is 1. The molecule has 1 amide bonds. The first-order valence-electron chi connectivity index (χ1n) is 9.71. The molecule has 1 saturated heterocycles. The maximum atomic E-state index is 12.9. The van der Waals surface area contributed by atoms with E-state index in [2.05, 4.69) is 31.0 Å². The van der Waals surface area contributed by atoms with E-state index in [0.717, 1.165) is 18.7 Å². The van der Waals surface area contributed by atoms with Crippen LogP contribution in [0.3, 0.4) is 0 Å². The summed E-state index contributed by atoms with van der Waals surface area (Å²) in [5, 5.41) is 3.17. The molecule has 0 bridgehead atoms. The van der Waals surface area contributed by atoms with Crippen LogP contribution in [0.5, 0.6) is 11.5 Å². The summed E-state index contributed by atoms with van der Waals surface area (Å²) >= 11 is 0. The Labute approximate surface area is 158 Å². The fourth-order valence-corrected chi connectivity index (χ4v) is 3.73. The molecule has 1 aromatic carbocycles. The molecule has 146 valence electrons. The number of methoxy groups -OCH3 is 2. The van der Waals surface area contributed by atoms with E-state index in [-0.39, 0.29) is 17.7 Å². The highest BCUT2D eigenvalue weighted by molar-refractivity contribution is 5.84. The number of carbonyl (C=O) groups is 1. The number of carbonyl (C=O) groups excluding carboxylic acids is 1. The second-order valence-corrected chi connectivity index (χ2v) is 7.53. The molecule has 5 heteroatoms. The Bertz CT molecular complexity index is 583. The van der Waals surface area contributed by atoms with Gasteiger partial charge in [-0.05, 0) is 56.5 Å². The lowest BCUT2D eigenvalue weighted by atomic mass is 9.87. The van der Waals surface area contributed by atoms with Crippen LogP contribution in [0.1, 0.15) is 51.5 Å². The zero-order chi connectivity index (χ0) is 19.1. The number of amides is 1. The molecule has 0 saturated carbocycles. The van der Waals surface area contributed by atoms with Crippen molar-refractivity contribution >= 4 is 5.91 Å². The first kappa shape index (κ1) is 20.6. The van der Waals surface area contributed by atoms with Crippen LogP contribution in [0.4, 0.5) is 0 Å². The van der Waals surface area contributed by atoms with E-state index in [1.54, 1.807) is 14.2 Å². The molecule has 2 rings (SSSR count). The minimum atomic E-state index is -0.205. The van der Waals surface area contributed by atoms with Crippen LogP contribution in [-0.2, 0) is 4.79 Å². The molecule has 1 fully saturated rings. The van der Waals surface area contributed by atoms with Crippen LogP contribution < -0.4 is 14.8 Å². The minimum absolute atomic E-state index is 0.0797. The fourth-order valence-electron chi connectivity index (χ4n) is 3.73. The average molecular weight is 363 g/mol. The van der Waals surface area contributed by atoms with Gasteiger partial charge in [-0.15, -0.1) is 0 Å². The van der Waals surface area contributed by atoms with Crippen molar-refractivity contribution in [2.24, 2.45) is 5.92 Å². The predicted molar refractivity (Wildman–Crippen MR) is 105 cm³/mol. The summed E-state index contributed by atoms with van der Waals surface area (Å²) in [5.41, 5.74) is 0.959. The molecule has 2 atom stereocenters. The Morgan fingerprint density at radius 3 is 2.31 bits per heavy atom. The second-order valence-electron chi connectivity index (χ2n) is 7.53. The van der Waals surface area contributed by atoms with E-state index in [4.69, 9.17) is 9.47 Å². The van der Waals surface area contributed by atoms with Crippen molar-refractivity contribution in [1.29, 1.82) is 0 Å². The lowest BCUT2D eigenvalue weighted by Crippen LogP contribution is -2.45. The molecule has 1 aliphatic rings. The summed E-state index contributed by atoms with van der Waals surface area (Å²) in [7, 11) is 3.23. The van der Waals surface area contributed by atoms with Gasteiger partial charge in [-0.25, -0.2) is 0 Å². The summed E-state index contributed by atoms with van der Waals surface area (Å²) in [6.07, 6.45) is 3.85. The third-order valence-corrected chi connectivity index (χ3v) is 5.30. The molecule has 26 heavy (non-hydrogen) atoms. The number of rotatable bonds is 8. The highest BCUT2D eigenvalue weighted by Gasteiger charge is 2.26. The van der Waals surface area contributed by atoms with Gasteiger partial charge in [0.05, 0.1) is 20.1 Å². The molecule has 1 N–H and O–H groups in total. The van der Waals surface area contributed by atoms with Crippen molar-refractivity contribution in [2.75, 3.05) is 33.9 Å². The van der Waals surface area contributed by atoms with Crippen LogP contribution in [-0.4, -0.2) is 50.7 Å². The van der Waals surface area contributed by atoms with Gasteiger partial charge in [-0.2, -0.15) is 0 Å². The van der Waals surface area contributed by atoms with Crippen LogP contribution in [0.25, 0.3) is 0 Å². The number of likely N-dealkylation sites (tertiary alicyclic amines) is 1. The van der Waals surface area contributed by atoms with Crippen LogP contribution >= 0.6 is 0 Å². The normalized spacial score (nSPS) is 17.6. The molecular formula is C21H34N2O3. The Morgan fingerprint density at radius 2 is 1.73 bits per heavy atom. The zero-order valence-electron chi connectivity index (χ0n) is 16.9. The number of benzene rings is 1. The maximum Gasteiger partial charge on any atom is 0.227 e. The lowest BCUT2D eigenvalue weighted by Gasteiger charge is -2.33. The standard InChI is InChI=1S/C21H34N2O3/c1-15(2)20(17-9-10-18(25-4)19(13-17)26-5)21(24)22-14-16(3)23-11-7-6-8-12-23/h9-10,13,15-16,20H,6-8,11-12,14H2,1-5H3,(H,22,24). The summed E-state index contributed by atoms with van der Waals surface area (Å²) in [6, 6.07) is 6.11. The summed E-state index contributed by atoms with van der Waals surface area (Å²) in [4.78, 5) is 15.4. The van der Waals surface area contributed by atoms with Crippen LogP contribution in [0.15, 0.2) is 18.2 Å². The van der Waals surface area contributed by atoms with Crippen molar-refractivity contribution < 1.29 is 14.3 Å². The number of piperidine rings is 1. The number of ether oxygens (including phenoxy) is 2. The molecule has 0 aliphatic carbocycles. The van der Waals surface area contributed by atoms with Crippen molar-refractivity contribution in [2.45, 2.75) is 52.0 Å². The number of nitrogens with one attached hydrogen (secondary N) is 1. The average Bonchev–Trinajstić information content (AvgIpc) is 2.66. The Balaban J connectivity index is 2.05. The predicted octanol–water partition coefficient (Wildman–Crippen LogP) is 3.43. The van der Waals surface area contributed by atoms with E-state index in [0.29, 0.717) is 24.1 Å². The largest absolute Gasteiger partial charge is 0.493 e. The Morgan fingerprint density at radius 1 is 1.08 bits per heavy atom. The Hall–Kier alpha value is -1.75. The van der Waals surface area contributed by atoms with E-state index in [1.807, 2.05) is 18.2 Å². The highest BCUT2D eigenvalue weighted by Crippen LogP contribution is 2.33. The van der Waals surface area contributed by atoms with Gasteiger partial charge in [0.15, 0.2) is 11.5 Å². The topological polar surface area (TPSA) is 50.8 Å². The molecular weight excluding hydrogens is 328 g/mol. The van der Waals surface area contributed by atoms with Gasteiger partial charge < -0.3 is 14.8 Å². The molecule has 0 aromatic heterocycles. The minimum Gasteiger partial charge on any atom is -0.493 e.